The van der Waals surface area contributed by atoms with Gasteiger partial charge in [-0.15, -0.1) is 11.8 Å². The Kier molecular flexibility index (Phi) is 3.34. The molecule has 0 bridgehead atoms. The van der Waals surface area contributed by atoms with Crippen LogP contribution in [0.3, 0.4) is 0 Å². The minimum Gasteiger partial charge on any atom is -0.128 e. The highest BCUT2D eigenvalue weighted by Gasteiger charge is 2.00. The van der Waals surface area contributed by atoms with E-state index in [2.05, 4.69) is 42.5 Å². The number of hydrogen-bond donors (Lipinski definition) is 0. The van der Waals surface area contributed by atoms with E-state index in [1.54, 1.807) is 17.3 Å². The van der Waals surface area contributed by atoms with Gasteiger partial charge in [-0.1, -0.05) is 48.0 Å². The second-order valence-electron chi connectivity index (χ2n) is 3.24. The minimum atomic E-state index is 1.10. The van der Waals surface area contributed by atoms with Gasteiger partial charge in [-0.3, -0.25) is 0 Å². The lowest BCUT2D eigenvalue weighted by Crippen LogP contribution is -1.79. The molecule has 15 heavy (non-hydrogen) atoms. The first-order valence-corrected chi connectivity index (χ1v) is 6.35. The van der Waals surface area contributed by atoms with Gasteiger partial charge in [0.2, 0.25) is 0 Å². The zero-order chi connectivity index (χ0) is 10.7. The van der Waals surface area contributed by atoms with Crippen LogP contribution < -0.4 is 0 Å². The zero-order valence-electron chi connectivity index (χ0n) is 8.41. The van der Waals surface area contributed by atoms with Crippen molar-refractivity contribution in [3.05, 3.63) is 53.6 Å². The summed E-state index contributed by atoms with van der Waals surface area (Å²) in [5.74, 6) is 0. The molecule has 0 aliphatic heterocycles. The third-order valence-corrected chi connectivity index (χ3v) is 3.49. The van der Waals surface area contributed by atoms with Crippen LogP contribution in [0.1, 0.15) is 5.56 Å². The Labute approximate surface area is 98.9 Å². The molecule has 0 atom stereocenters. The normalized spacial score (nSPS) is 12.0. The topological polar surface area (TPSA) is 0 Å². The Morgan fingerprint density at radius 3 is 2.53 bits per heavy atom. The van der Waals surface area contributed by atoms with Gasteiger partial charge in [-0.05, 0) is 28.7 Å². The highest BCUT2D eigenvalue weighted by atomic mass is 35.5. The highest BCUT2D eigenvalue weighted by Crippen LogP contribution is 2.28. The van der Waals surface area contributed by atoms with E-state index in [1.165, 1.54) is 16.3 Å². The smallest absolute Gasteiger partial charge is 0.0255 e. The van der Waals surface area contributed by atoms with Crippen molar-refractivity contribution in [2.45, 2.75) is 0 Å². The Hall–Kier alpha value is -0.920. The quantitative estimate of drug-likeness (QED) is 0.723. The average Bonchev–Trinajstić information content (AvgIpc) is 2.30. The summed E-state index contributed by atoms with van der Waals surface area (Å²) in [6.07, 6.45) is 2.03. The first-order chi connectivity index (χ1) is 7.35. The first kappa shape index (κ1) is 10.6. The van der Waals surface area contributed by atoms with E-state index in [1.807, 2.05) is 6.26 Å². The van der Waals surface area contributed by atoms with Gasteiger partial charge in [0, 0.05) is 10.4 Å². The van der Waals surface area contributed by atoms with Crippen LogP contribution in [-0.2, 0) is 0 Å². The van der Waals surface area contributed by atoms with Crippen LogP contribution in [0.15, 0.2) is 48.0 Å². The largest absolute Gasteiger partial charge is 0.128 e. The maximum Gasteiger partial charge on any atom is 0.0255 e. The van der Waals surface area contributed by atoms with Crippen molar-refractivity contribution in [1.29, 1.82) is 0 Å². The van der Waals surface area contributed by atoms with Crippen LogP contribution in [0.4, 0.5) is 0 Å². The summed E-state index contributed by atoms with van der Waals surface area (Å²) in [5.41, 5.74) is 2.81. The van der Waals surface area contributed by atoms with Gasteiger partial charge < -0.3 is 0 Å². The van der Waals surface area contributed by atoms with E-state index in [4.69, 9.17) is 11.6 Å². The first-order valence-electron chi connectivity index (χ1n) is 4.68. The molecule has 0 spiro atoms. The predicted octanol–water partition coefficient (Wildman–Crippen LogP) is 4.74. The molecule has 0 aromatic heterocycles. The summed E-state index contributed by atoms with van der Waals surface area (Å²) in [7, 11) is 0. The van der Waals surface area contributed by atoms with Crippen molar-refractivity contribution in [2.24, 2.45) is 0 Å². The van der Waals surface area contributed by atoms with Crippen LogP contribution >= 0.6 is 23.4 Å². The van der Waals surface area contributed by atoms with Crippen molar-refractivity contribution < 1.29 is 0 Å². The third kappa shape index (κ3) is 2.19. The van der Waals surface area contributed by atoms with E-state index in [-0.39, 0.29) is 0 Å². The minimum absolute atomic E-state index is 1.10. The average molecular weight is 235 g/mol. The summed E-state index contributed by atoms with van der Waals surface area (Å²) in [5, 5.41) is 2.51. The lowest BCUT2D eigenvalue weighted by atomic mass is 10.1. The van der Waals surface area contributed by atoms with Gasteiger partial charge in [0.05, 0.1) is 0 Å². The molecule has 0 unspecified atom stereocenters. The Morgan fingerprint density at radius 2 is 1.87 bits per heavy atom. The molecule has 0 amide bonds. The van der Waals surface area contributed by atoms with Crippen LogP contribution in [0.5, 0.6) is 0 Å². The number of fused-ring (bicyclic) bond motifs is 1. The van der Waals surface area contributed by atoms with Crippen LogP contribution in [0, 0.1) is 0 Å². The standard InChI is InChI=1S/C13H11ClS/c1-15-13(9-14)12-7-6-10-4-2-3-5-11(10)8-12/h2-9H,1H3/b13-9+. The fraction of sp³-hybridized carbons (Fsp3) is 0.0769. The molecule has 0 saturated carbocycles. The van der Waals surface area contributed by atoms with Crippen molar-refractivity contribution in [3.63, 3.8) is 0 Å². The summed E-state index contributed by atoms with van der Waals surface area (Å²) in [6, 6.07) is 14.7. The maximum absolute atomic E-state index is 5.77. The van der Waals surface area contributed by atoms with Gasteiger partial charge in [-0.25, -0.2) is 0 Å². The maximum atomic E-state index is 5.77. The van der Waals surface area contributed by atoms with Crippen LogP contribution in [0.25, 0.3) is 15.7 Å². The van der Waals surface area contributed by atoms with E-state index >= 15 is 0 Å². The number of hydrogen-bond acceptors (Lipinski definition) is 1. The molecule has 0 nitrogen and oxygen atoms in total. The SMILES string of the molecule is CS/C(=C/Cl)c1ccc2ccccc2c1. The van der Waals surface area contributed by atoms with Gasteiger partial charge in [-0.2, -0.15) is 0 Å². The van der Waals surface area contributed by atoms with Crippen LogP contribution in [-0.4, -0.2) is 6.26 Å². The predicted molar refractivity (Wildman–Crippen MR) is 71.3 cm³/mol. The van der Waals surface area contributed by atoms with Gasteiger partial charge in [0.1, 0.15) is 0 Å². The third-order valence-electron chi connectivity index (χ3n) is 2.35. The molecule has 76 valence electrons. The number of rotatable bonds is 2. The second-order valence-corrected chi connectivity index (χ2v) is 4.31. The number of thioether (sulfide) groups is 1. The van der Waals surface area contributed by atoms with Gasteiger partial charge in [0.15, 0.2) is 0 Å². The molecule has 2 rings (SSSR count). The molecule has 2 heteroatoms. The van der Waals surface area contributed by atoms with Gasteiger partial charge >= 0.3 is 0 Å². The Bertz CT molecular complexity index is 503. The molecule has 0 heterocycles. The van der Waals surface area contributed by atoms with E-state index in [0.29, 0.717) is 0 Å². The molecular weight excluding hydrogens is 224 g/mol. The van der Waals surface area contributed by atoms with Crippen molar-refractivity contribution in [3.8, 4) is 0 Å². The molecule has 2 aromatic rings. The zero-order valence-corrected chi connectivity index (χ0v) is 9.98. The lowest BCUT2D eigenvalue weighted by Gasteiger charge is -2.04. The molecule has 0 aliphatic rings. The van der Waals surface area contributed by atoms with Gasteiger partial charge in [0.25, 0.3) is 0 Å². The van der Waals surface area contributed by atoms with E-state index in [9.17, 15) is 0 Å². The fourth-order valence-electron chi connectivity index (χ4n) is 1.57. The van der Waals surface area contributed by atoms with Crippen molar-refractivity contribution in [1.82, 2.24) is 0 Å². The molecule has 2 aromatic carbocycles. The summed E-state index contributed by atoms with van der Waals surface area (Å²) >= 11 is 7.43. The highest BCUT2D eigenvalue weighted by molar-refractivity contribution is 8.07. The monoisotopic (exact) mass is 234 g/mol. The summed E-state index contributed by atoms with van der Waals surface area (Å²) in [4.78, 5) is 1.10. The van der Waals surface area contributed by atoms with E-state index < -0.39 is 0 Å². The molecule has 0 fully saturated rings. The Balaban J connectivity index is 2.56. The van der Waals surface area contributed by atoms with Crippen molar-refractivity contribution >= 4 is 39.0 Å². The molecule has 0 aliphatic carbocycles. The summed E-state index contributed by atoms with van der Waals surface area (Å²) < 4.78 is 0. The lowest BCUT2D eigenvalue weighted by molar-refractivity contribution is 1.70. The molecule has 0 radical (unpaired) electrons. The van der Waals surface area contributed by atoms with Crippen LogP contribution in [0.2, 0.25) is 0 Å². The molecular formula is C13H11ClS. The van der Waals surface area contributed by atoms with E-state index in [0.717, 1.165) is 4.91 Å². The molecule has 0 saturated heterocycles. The molecule has 0 N–H and O–H groups in total. The summed E-state index contributed by atoms with van der Waals surface area (Å²) in [6.45, 7) is 0. The van der Waals surface area contributed by atoms with Crippen molar-refractivity contribution in [2.75, 3.05) is 6.26 Å². The number of benzene rings is 2. The second kappa shape index (κ2) is 4.73. The fourth-order valence-corrected chi connectivity index (χ4v) is 2.41. The number of halogens is 1. The Morgan fingerprint density at radius 1 is 1.13 bits per heavy atom.